The fraction of sp³-hybridized carbons (Fsp3) is 0.333. The first-order chi connectivity index (χ1) is 14.2. The molecule has 0 saturated heterocycles. The van der Waals surface area contributed by atoms with Crippen molar-refractivity contribution < 1.29 is 13.9 Å². The Bertz CT molecular complexity index is 915. The number of methoxy groups -OCH3 is 1. The van der Waals surface area contributed by atoms with Crippen LogP contribution in [0.4, 0.5) is 0 Å². The third-order valence-corrected chi connectivity index (χ3v) is 4.82. The molecular weight excluding hydrogens is 515 g/mol. The number of nitrogens with one attached hydrogen (secondary N) is 2. The maximum atomic E-state index is 5.94. The molecule has 0 aliphatic rings. The van der Waals surface area contributed by atoms with Crippen LogP contribution in [0.3, 0.4) is 0 Å². The number of nitrogens with zero attached hydrogens (tertiary/aromatic N) is 2. The fourth-order valence-corrected chi connectivity index (χ4v) is 3.24. The van der Waals surface area contributed by atoms with Crippen molar-refractivity contribution >= 4 is 41.3 Å². The number of guanidine groups is 1. The predicted molar refractivity (Wildman–Crippen MR) is 131 cm³/mol. The molecule has 1 aromatic carbocycles. The van der Waals surface area contributed by atoms with E-state index in [1.807, 2.05) is 55.6 Å². The van der Waals surface area contributed by atoms with Crippen LogP contribution in [0.25, 0.3) is 10.8 Å². The van der Waals surface area contributed by atoms with E-state index in [1.165, 1.54) is 0 Å². The van der Waals surface area contributed by atoms with Gasteiger partial charge in [-0.15, -0.1) is 35.3 Å². The highest BCUT2D eigenvalue weighted by Crippen LogP contribution is 2.23. The van der Waals surface area contributed by atoms with Crippen LogP contribution < -0.4 is 20.1 Å². The fourth-order valence-electron chi connectivity index (χ4n) is 2.58. The molecule has 0 spiro atoms. The molecule has 1 atom stereocenters. The van der Waals surface area contributed by atoms with Gasteiger partial charge in [0.2, 0.25) is 5.89 Å². The summed E-state index contributed by atoms with van der Waals surface area (Å²) in [5.41, 5.74) is 0.784. The largest absolute Gasteiger partial charge is 0.497 e. The number of hydrogen-bond acceptors (Lipinski definition) is 6. The van der Waals surface area contributed by atoms with Gasteiger partial charge < -0.3 is 24.5 Å². The molecule has 1 unspecified atom stereocenters. The Morgan fingerprint density at radius 1 is 1.23 bits per heavy atom. The van der Waals surface area contributed by atoms with Crippen molar-refractivity contribution in [3.8, 4) is 22.3 Å². The van der Waals surface area contributed by atoms with E-state index in [4.69, 9.17) is 13.9 Å². The summed E-state index contributed by atoms with van der Waals surface area (Å²) < 4.78 is 16.7. The Kier molecular flexibility index (Phi) is 9.95. The summed E-state index contributed by atoms with van der Waals surface area (Å²) in [4.78, 5) is 10.1. The van der Waals surface area contributed by atoms with E-state index in [0.717, 1.165) is 28.6 Å². The van der Waals surface area contributed by atoms with Gasteiger partial charge in [0.25, 0.3) is 0 Å². The van der Waals surface area contributed by atoms with E-state index in [-0.39, 0.29) is 30.1 Å². The standard InChI is InChI=1S/C21H26N4O3S.HI/c1-4-22-21(23-12-15(2)28-18-8-5-7-17(11-18)26-3)24-13-16-14-27-20(25-16)19-9-6-10-29-19;/h5-11,14-15H,4,12-13H2,1-3H3,(H2,22,23,24);1H. The zero-order valence-corrected chi connectivity index (χ0v) is 20.4. The van der Waals surface area contributed by atoms with E-state index in [2.05, 4.69) is 20.6 Å². The van der Waals surface area contributed by atoms with E-state index >= 15 is 0 Å². The maximum Gasteiger partial charge on any atom is 0.236 e. The number of thiophene rings is 1. The number of ether oxygens (including phenoxy) is 2. The van der Waals surface area contributed by atoms with Gasteiger partial charge in [-0.2, -0.15) is 0 Å². The third-order valence-electron chi connectivity index (χ3n) is 3.96. The number of hydrogen-bond donors (Lipinski definition) is 2. The van der Waals surface area contributed by atoms with E-state index in [0.29, 0.717) is 24.9 Å². The average Bonchev–Trinajstić information content (AvgIpc) is 3.42. The molecule has 30 heavy (non-hydrogen) atoms. The third kappa shape index (κ3) is 7.21. The van der Waals surface area contributed by atoms with Gasteiger partial charge in [0.15, 0.2) is 5.96 Å². The monoisotopic (exact) mass is 542 g/mol. The summed E-state index contributed by atoms with van der Waals surface area (Å²) in [6.07, 6.45) is 1.60. The SMILES string of the molecule is CCNC(=NCc1coc(-c2cccs2)n1)NCC(C)Oc1cccc(OC)c1.I. The van der Waals surface area contributed by atoms with Gasteiger partial charge in [0.1, 0.15) is 29.6 Å². The molecule has 0 amide bonds. The highest BCUT2D eigenvalue weighted by molar-refractivity contribution is 14.0. The van der Waals surface area contributed by atoms with Gasteiger partial charge in [-0.1, -0.05) is 12.1 Å². The van der Waals surface area contributed by atoms with Gasteiger partial charge in [0, 0.05) is 12.6 Å². The molecule has 2 heterocycles. The Morgan fingerprint density at radius 3 is 2.80 bits per heavy atom. The lowest BCUT2D eigenvalue weighted by atomic mass is 10.3. The molecule has 0 saturated carbocycles. The Labute approximate surface area is 197 Å². The van der Waals surface area contributed by atoms with E-state index < -0.39 is 0 Å². The minimum absolute atomic E-state index is 0. The molecule has 2 aromatic heterocycles. The van der Waals surface area contributed by atoms with Crippen molar-refractivity contribution in [2.24, 2.45) is 4.99 Å². The van der Waals surface area contributed by atoms with Crippen molar-refractivity contribution in [1.82, 2.24) is 15.6 Å². The summed E-state index contributed by atoms with van der Waals surface area (Å²) >= 11 is 1.60. The molecular formula is C21H27IN4O3S. The van der Waals surface area contributed by atoms with Crippen LogP contribution in [-0.2, 0) is 6.54 Å². The second-order valence-electron chi connectivity index (χ2n) is 6.30. The highest BCUT2D eigenvalue weighted by Gasteiger charge is 2.09. The van der Waals surface area contributed by atoms with Crippen LogP contribution in [0, 0.1) is 0 Å². The lowest BCUT2D eigenvalue weighted by Gasteiger charge is -2.18. The smallest absolute Gasteiger partial charge is 0.236 e. The molecule has 0 aliphatic carbocycles. The molecule has 0 radical (unpaired) electrons. The molecule has 162 valence electrons. The molecule has 7 nitrogen and oxygen atoms in total. The van der Waals surface area contributed by atoms with Gasteiger partial charge >= 0.3 is 0 Å². The normalized spacial score (nSPS) is 12.0. The summed E-state index contributed by atoms with van der Waals surface area (Å²) in [5.74, 6) is 2.87. The quantitative estimate of drug-likeness (QED) is 0.235. The first-order valence-electron chi connectivity index (χ1n) is 9.49. The van der Waals surface area contributed by atoms with Gasteiger partial charge in [-0.3, -0.25) is 0 Å². The van der Waals surface area contributed by atoms with Crippen molar-refractivity contribution in [3.63, 3.8) is 0 Å². The van der Waals surface area contributed by atoms with Crippen LogP contribution in [-0.4, -0.2) is 37.2 Å². The highest BCUT2D eigenvalue weighted by atomic mass is 127. The second-order valence-corrected chi connectivity index (χ2v) is 7.25. The van der Waals surface area contributed by atoms with Gasteiger partial charge in [0.05, 0.1) is 25.1 Å². The van der Waals surface area contributed by atoms with Crippen LogP contribution >= 0.6 is 35.3 Å². The van der Waals surface area contributed by atoms with E-state index in [1.54, 1.807) is 24.7 Å². The number of benzene rings is 1. The maximum absolute atomic E-state index is 5.94. The first-order valence-corrected chi connectivity index (χ1v) is 10.4. The number of aliphatic imine (C=N–C) groups is 1. The Balaban J connectivity index is 0.00000320. The Morgan fingerprint density at radius 2 is 2.07 bits per heavy atom. The number of aromatic nitrogens is 1. The van der Waals surface area contributed by atoms with Crippen molar-refractivity contribution in [3.05, 3.63) is 53.7 Å². The number of oxazole rings is 1. The molecule has 3 rings (SSSR count). The molecule has 3 aromatic rings. The summed E-state index contributed by atoms with van der Waals surface area (Å²) in [6.45, 7) is 5.81. The van der Waals surface area contributed by atoms with Crippen LogP contribution in [0.1, 0.15) is 19.5 Å². The minimum atomic E-state index is -0.0524. The van der Waals surface area contributed by atoms with Crippen LogP contribution in [0.5, 0.6) is 11.5 Å². The zero-order chi connectivity index (χ0) is 20.5. The lowest BCUT2D eigenvalue weighted by molar-refractivity contribution is 0.223. The molecule has 0 bridgehead atoms. The first kappa shape index (κ1) is 24.0. The number of rotatable bonds is 9. The number of halogens is 1. The van der Waals surface area contributed by atoms with Crippen LogP contribution in [0.15, 0.2) is 57.5 Å². The summed E-state index contributed by atoms with van der Waals surface area (Å²) in [7, 11) is 1.64. The summed E-state index contributed by atoms with van der Waals surface area (Å²) in [5, 5.41) is 8.53. The van der Waals surface area contributed by atoms with Crippen molar-refractivity contribution in [1.29, 1.82) is 0 Å². The Hall–Kier alpha value is -2.27. The van der Waals surface area contributed by atoms with E-state index in [9.17, 15) is 0 Å². The molecule has 0 aliphatic heterocycles. The average molecular weight is 542 g/mol. The molecule has 2 N–H and O–H groups in total. The topological polar surface area (TPSA) is 80.9 Å². The molecule has 0 fully saturated rings. The van der Waals surface area contributed by atoms with Crippen molar-refractivity contribution in [2.75, 3.05) is 20.2 Å². The zero-order valence-electron chi connectivity index (χ0n) is 17.3. The molecule has 9 heteroatoms. The lowest BCUT2D eigenvalue weighted by Crippen LogP contribution is -2.41. The summed E-state index contributed by atoms with van der Waals surface area (Å²) in [6, 6.07) is 11.5. The van der Waals surface area contributed by atoms with Crippen molar-refractivity contribution in [2.45, 2.75) is 26.5 Å². The minimum Gasteiger partial charge on any atom is -0.497 e. The van der Waals surface area contributed by atoms with Crippen LogP contribution in [0.2, 0.25) is 0 Å². The predicted octanol–water partition coefficient (Wildman–Crippen LogP) is 4.55. The second kappa shape index (κ2) is 12.4. The van der Waals surface area contributed by atoms with Gasteiger partial charge in [-0.05, 0) is 37.4 Å². The van der Waals surface area contributed by atoms with Gasteiger partial charge in [-0.25, -0.2) is 9.98 Å².